The molecule has 0 aliphatic carbocycles. The second-order valence-electron chi connectivity index (χ2n) is 7.55. The fraction of sp³-hybridized carbons (Fsp3) is 0.391. The van der Waals surface area contributed by atoms with E-state index < -0.39 is 0 Å². The van der Waals surface area contributed by atoms with Crippen LogP contribution >= 0.6 is 15.9 Å². The molecule has 1 aliphatic rings. The largest absolute Gasteiger partial charge is 0.493 e. The Kier molecular flexibility index (Phi) is 7.92. The predicted octanol–water partition coefficient (Wildman–Crippen LogP) is 3.10. The summed E-state index contributed by atoms with van der Waals surface area (Å²) >= 11 is 3.51. The lowest BCUT2D eigenvalue weighted by Gasteiger charge is -2.34. The Morgan fingerprint density at radius 3 is 2.23 bits per heavy atom. The van der Waals surface area contributed by atoms with E-state index in [1.54, 1.807) is 14.2 Å². The molecule has 1 heterocycles. The van der Waals surface area contributed by atoms with Crippen LogP contribution in [0, 0.1) is 6.92 Å². The van der Waals surface area contributed by atoms with Gasteiger partial charge in [0.25, 0.3) is 0 Å². The van der Waals surface area contributed by atoms with Crippen LogP contribution in [0.1, 0.15) is 11.1 Å². The molecule has 2 amide bonds. The summed E-state index contributed by atoms with van der Waals surface area (Å²) in [6.07, 6.45) is 0.273. The fourth-order valence-electron chi connectivity index (χ4n) is 3.50. The van der Waals surface area contributed by atoms with Crippen LogP contribution in [0.3, 0.4) is 0 Å². The van der Waals surface area contributed by atoms with Crippen molar-refractivity contribution in [2.45, 2.75) is 13.3 Å². The maximum atomic E-state index is 12.8. The smallest absolute Gasteiger partial charge is 0.238 e. The summed E-state index contributed by atoms with van der Waals surface area (Å²) in [5.74, 6) is 1.22. The number of halogens is 1. The molecule has 31 heavy (non-hydrogen) atoms. The van der Waals surface area contributed by atoms with Gasteiger partial charge in [0.2, 0.25) is 11.8 Å². The molecule has 2 aromatic carbocycles. The van der Waals surface area contributed by atoms with E-state index in [1.807, 2.05) is 48.2 Å². The lowest BCUT2D eigenvalue weighted by molar-refractivity contribution is -0.132. The number of carbonyl (C=O) groups is 2. The van der Waals surface area contributed by atoms with Crippen LogP contribution in [0.4, 0.5) is 5.69 Å². The summed E-state index contributed by atoms with van der Waals surface area (Å²) in [4.78, 5) is 29.0. The van der Waals surface area contributed by atoms with E-state index in [4.69, 9.17) is 9.47 Å². The zero-order valence-electron chi connectivity index (χ0n) is 18.1. The van der Waals surface area contributed by atoms with Crippen LogP contribution in [-0.2, 0) is 16.0 Å². The third-order valence-corrected chi connectivity index (χ3v) is 6.06. The van der Waals surface area contributed by atoms with Crippen molar-refractivity contribution < 1.29 is 19.1 Å². The van der Waals surface area contributed by atoms with Crippen molar-refractivity contribution in [3.05, 3.63) is 52.0 Å². The second kappa shape index (κ2) is 10.6. The number of anilines is 1. The molecule has 1 aliphatic heterocycles. The number of piperazine rings is 1. The summed E-state index contributed by atoms with van der Waals surface area (Å²) in [6, 6.07) is 11.4. The van der Waals surface area contributed by atoms with E-state index in [0.29, 0.717) is 44.2 Å². The van der Waals surface area contributed by atoms with E-state index >= 15 is 0 Å². The van der Waals surface area contributed by atoms with Crippen LogP contribution in [-0.4, -0.2) is 68.6 Å². The molecule has 1 N–H and O–H groups in total. The van der Waals surface area contributed by atoms with Gasteiger partial charge in [-0.2, -0.15) is 0 Å². The van der Waals surface area contributed by atoms with E-state index in [0.717, 1.165) is 21.3 Å². The van der Waals surface area contributed by atoms with Crippen molar-refractivity contribution >= 4 is 33.4 Å². The van der Waals surface area contributed by atoms with E-state index in [2.05, 4.69) is 26.1 Å². The molecule has 3 rings (SSSR count). The highest BCUT2D eigenvalue weighted by atomic mass is 79.9. The fourth-order valence-corrected chi connectivity index (χ4v) is 3.96. The number of carbonyl (C=O) groups excluding carboxylic acids is 2. The van der Waals surface area contributed by atoms with Crippen molar-refractivity contribution in [2.75, 3.05) is 52.3 Å². The van der Waals surface area contributed by atoms with Gasteiger partial charge in [-0.1, -0.05) is 33.6 Å². The Labute approximate surface area is 191 Å². The zero-order valence-corrected chi connectivity index (χ0v) is 19.7. The van der Waals surface area contributed by atoms with E-state index in [-0.39, 0.29) is 18.2 Å². The number of hydrogen-bond donors (Lipinski definition) is 1. The predicted molar refractivity (Wildman–Crippen MR) is 124 cm³/mol. The van der Waals surface area contributed by atoms with Gasteiger partial charge in [0.1, 0.15) is 0 Å². The summed E-state index contributed by atoms with van der Waals surface area (Å²) in [7, 11) is 3.15. The Hall–Kier alpha value is -2.58. The molecule has 8 heteroatoms. The molecule has 0 spiro atoms. The zero-order chi connectivity index (χ0) is 22.4. The van der Waals surface area contributed by atoms with Gasteiger partial charge < -0.3 is 19.7 Å². The number of hydrogen-bond acceptors (Lipinski definition) is 5. The minimum atomic E-state index is -0.0436. The number of nitrogens with zero attached hydrogens (tertiary/aromatic N) is 2. The number of nitrogens with one attached hydrogen (secondary N) is 1. The molecule has 0 unspecified atom stereocenters. The van der Waals surface area contributed by atoms with Gasteiger partial charge in [0.15, 0.2) is 11.5 Å². The Balaban J connectivity index is 1.49. The molecule has 1 fully saturated rings. The second-order valence-corrected chi connectivity index (χ2v) is 8.40. The Bertz CT molecular complexity index is 925. The first-order valence-corrected chi connectivity index (χ1v) is 11.0. The number of benzene rings is 2. The monoisotopic (exact) mass is 489 g/mol. The van der Waals surface area contributed by atoms with Crippen LogP contribution in [0.2, 0.25) is 0 Å². The van der Waals surface area contributed by atoms with Crippen LogP contribution < -0.4 is 14.8 Å². The van der Waals surface area contributed by atoms with Crippen molar-refractivity contribution in [2.24, 2.45) is 0 Å². The summed E-state index contributed by atoms with van der Waals surface area (Å²) in [5, 5.41) is 2.92. The lowest BCUT2D eigenvalue weighted by Crippen LogP contribution is -2.50. The average Bonchev–Trinajstić information content (AvgIpc) is 2.76. The van der Waals surface area contributed by atoms with Gasteiger partial charge in [0, 0.05) is 36.3 Å². The summed E-state index contributed by atoms with van der Waals surface area (Å²) in [6.45, 7) is 4.86. The normalized spacial score (nSPS) is 14.3. The first-order chi connectivity index (χ1) is 14.9. The standard InChI is InChI=1S/C23H28BrN3O4/c1-16-4-6-18(7-5-16)25-22(28)15-26-8-10-27(11-9-26)23(29)13-17-12-20(30-2)21(31-3)14-19(17)24/h4-7,12,14H,8-11,13,15H2,1-3H3,(H,25,28). The van der Waals surface area contributed by atoms with Crippen LogP contribution in [0.25, 0.3) is 0 Å². The number of amides is 2. The lowest BCUT2D eigenvalue weighted by atomic mass is 10.1. The molecule has 1 saturated heterocycles. The minimum Gasteiger partial charge on any atom is -0.493 e. The number of aryl methyl sites for hydroxylation is 1. The van der Waals surface area contributed by atoms with Crippen molar-refractivity contribution in [3.63, 3.8) is 0 Å². The van der Waals surface area contributed by atoms with E-state index in [9.17, 15) is 9.59 Å². The van der Waals surface area contributed by atoms with Gasteiger partial charge in [0.05, 0.1) is 27.2 Å². The SMILES string of the molecule is COc1cc(Br)c(CC(=O)N2CCN(CC(=O)Nc3ccc(C)cc3)CC2)cc1OC. The van der Waals surface area contributed by atoms with E-state index in [1.165, 1.54) is 0 Å². The number of methoxy groups -OCH3 is 2. The van der Waals surface area contributed by atoms with Gasteiger partial charge in [-0.25, -0.2) is 0 Å². The minimum absolute atomic E-state index is 0.0436. The highest BCUT2D eigenvalue weighted by Crippen LogP contribution is 2.33. The van der Waals surface area contributed by atoms with Crippen LogP contribution in [0.15, 0.2) is 40.9 Å². The molecular formula is C23H28BrN3O4. The average molecular weight is 490 g/mol. The molecule has 0 aromatic heterocycles. The third-order valence-electron chi connectivity index (χ3n) is 5.32. The summed E-state index contributed by atoms with van der Waals surface area (Å²) < 4.78 is 11.4. The molecule has 166 valence electrons. The highest BCUT2D eigenvalue weighted by molar-refractivity contribution is 9.10. The molecule has 0 radical (unpaired) electrons. The maximum absolute atomic E-state index is 12.8. The van der Waals surface area contributed by atoms with Crippen molar-refractivity contribution in [1.29, 1.82) is 0 Å². The molecule has 7 nitrogen and oxygen atoms in total. The van der Waals surface area contributed by atoms with Crippen molar-refractivity contribution in [3.8, 4) is 11.5 Å². The van der Waals surface area contributed by atoms with Crippen molar-refractivity contribution in [1.82, 2.24) is 9.80 Å². The van der Waals surface area contributed by atoms with Gasteiger partial charge in [-0.05, 0) is 36.8 Å². The third kappa shape index (κ3) is 6.21. The first-order valence-electron chi connectivity index (χ1n) is 10.2. The quantitative estimate of drug-likeness (QED) is 0.646. The molecule has 0 bridgehead atoms. The number of ether oxygens (including phenoxy) is 2. The van der Waals surface area contributed by atoms with Gasteiger partial charge in [-0.3, -0.25) is 14.5 Å². The maximum Gasteiger partial charge on any atom is 0.238 e. The molecular weight excluding hydrogens is 462 g/mol. The Morgan fingerprint density at radius 1 is 1.00 bits per heavy atom. The molecule has 0 atom stereocenters. The topological polar surface area (TPSA) is 71.1 Å². The first kappa shape index (κ1) is 23.1. The van der Waals surface area contributed by atoms with Crippen LogP contribution in [0.5, 0.6) is 11.5 Å². The highest BCUT2D eigenvalue weighted by Gasteiger charge is 2.23. The van der Waals surface area contributed by atoms with Gasteiger partial charge >= 0.3 is 0 Å². The van der Waals surface area contributed by atoms with Gasteiger partial charge in [-0.15, -0.1) is 0 Å². The number of rotatable bonds is 7. The summed E-state index contributed by atoms with van der Waals surface area (Å²) in [5.41, 5.74) is 2.80. The molecule has 2 aromatic rings. The molecule has 0 saturated carbocycles. The Morgan fingerprint density at radius 2 is 1.61 bits per heavy atom.